The normalized spacial score (nSPS) is 25.1. The van der Waals surface area contributed by atoms with Crippen LogP contribution < -0.4 is 10.6 Å². The van der Waals surface area contributed by atoms with Crippen molar-refractivity contribution in [2.24, 2.45) is 0 Å². The maximum absolute atomic E-state index is 9.45. The highest BCUT2D eigenvalue weighted by atomic mass is 32.2. The highest BCUT2D eigenvalue weighted by molar-refractivity contribution is 7.98. The molecule has 2 unspecified atom stereocenters. The summed E-state index contributed by atoms with van der Waals surface area (Å²) in [5.74, 6) is 1.04. The van der Waals surface area contributed by atoms with Crippen LogP contribution in [0.1, 0.15) is 0 Å². The van der Waals surface area contributed by atoms with Gasteiger partial charge in [0.25, 0.3) is 0 Å². The van der Waals surface area contributed by atoms with Gasteiger partial charge in [0.15, 0.2) is 5.16 Å². The van der Waals surface area contributed by atoms with E-state index in [1.54, 1.807) is 11.0 Å². The van der Waals surface area contributed by atoms with Gasteiger partial charge in [-0.3, -0.25) is 0 Å². The first-order valence-electron chi connectivity index (χ1n) is 4.90. The molecule has 2 heterocycles. The van der Waals surface area contributed by atoms with Gasteiger partial charge in [-0.1, -0.05) is 11.8 Å². The van der Waals surface area contributed by atoms with Crippen molar-refractivity contribution in [1.29, 1.82) is 0 Å². The molecule has 0 bridgehead atoms. The third kappa shape index (κ3) is 2.21. The predicted octanol–water partition coefficient (Wildman–Crippen LogP) is -0.678. The fraction of sp³-hybridized carbons (Fsp3) is 0.556. The smallest absolute Gasteiger partial charge is 0.191 e. The molecule has 1 fully saturated rings. The van der Waals surface area contributed by atoms with Crippen LogP contribution in [0.3, 0.4) is 0 Å². The number of anilines is 2. The molecule has 6 nitrogen and oxygen atoms in total. The first-order valence-corrected chi connectivity index (χ1v) is 6.12. The molecule has 2 rings (SSSR count). The molecular formula is C9H14N4O2S. The second-order valence-electron chi connectivity index (χ2n) is 3.68. The summed E-state index contributed by atoms with van der Waals surface area (Å²) in [7, 11) is 0. The monoisotopic (exact) mass is 242 g/mol. The second kappa shape index (κ2) is 4.44. The van der Waals surface area contributed by atoms with Crippen molar-refractivity contribution >= 4 is 23.4 Å². The van der Waals surface area contributed by atoms with Gasteiger partial charge in [-0.05, 0) is 6.26 Å². The Hall–Kier alpha value is -1.05. The number of hydrogen-bond acceptors (Lipinski definition) is 7. The molecule has 88 valence electrons. The zero-order valence-electron chi connectivity index (χ0n) is 8.87. The molecule has 0 saturated carbocycles. The topological polar surface area (TPSA) is 95.5 Å². The quantitative estimate of drug-likeness (QED) is 0.467. The maximum atomic E-state index is 9.45. The molecule has 0 spiro atoms. The Labute approximate surface area is 97.5 Å². The van der Waals surface area contributed by atoms with Crippen LogP contribution in [-0.2, 0) is 0 Å². The molecule has 0 aliphatic carbocycles. The molecule has 1 aliphatic rings. The number of nitrogen functional groups attached to an aromatic ring is 1. The van der Waals surface area contributed by atoms with Crippen LogP contribution in [0, 0.1) is 0 Å². The minimum Gasteiger partial charge on any atom is -0.389 e. The van der Waals surface area contributed by atoms with Crippen molar-refractivity contribution in [2.45, 2.75) is 17.4 Å². The minimum atomic E-state index is -0.728. The summed E-state index contributed by atoms with van der Waals surface area (Å²) < 4.78 is 0. The van der Waals surface area contributed by atoms with Crippen molar-refractivity contribution in [2.75, 3.05) is 30.0 Å². The molecule has 0 radical (unpaired) electrons. The Bertz CT molecular complexity index is 380. The minimum absolute atomic E-state index is 0.367. The predicted molar refractivity (Wildman–Crippen MR) is 62.5 cm³/mol. The van der Waals surface area contributed by atoms with E-state index in [4.69, 9.17) is 5.73 Å². The number of hydrogen-bond donors (Lipinski definition) is 3. The molecule has 2 atom stereocenters. The van der Waals surface area contributed by atoms with Crippen molar-refractivity contribution in [3.05, 3.63) is 6.07 Å². The standard InChI is InChI=1S/C9H14N4O2S/c1-16-9-11-7(10)2-8(12-9)13-3-5(14)6(15)4-13/h2,5-6,14-15H,3-4H2,1H3,(H2,10,11,12). The summed E-state index contributed by atoms with van der Waals surface area (Å²) in [6.07, 6.45) is 0.412. The summed E-state index contributed by atoms with van der Waals surface area (Å²) in [6, 6.07) is 1.64. The average molecular weight is 242 g/mol. The van der Waals surface area contributed by atoms with E-state index in [2.05, 4.69) is 9.97 Å². The molecular weight excluding hydrogens is 228 g/mol. The van der Waals surface area contributed by atoms with Crippen LogP contribution in [0.4, 0.5) is 11.6 Å². The summed E-state index contributed by atoms with van der Waals surface area (Å²) in [6.45, 7) is 0.733. The highest BCUT2D eigenvalue weighted by Crippen LogP contribution is 2.22. The maximum Gasteiger partial charge on any atom is 0.191 e. The number of aliphatic hydroxyl groups is 2. The van der Waals surface area contributed by atoms with Gasteiger partial charge in [-0.25, -0.2) is 9.97 Å². The lowest BCUT2D eigenvalue weighted by Crippen LogP contribution is -2.22. The lowest BCUT2D eigenvalue weighted by molar-refractivity contribution is 0.0572. The third-order valence-corrected chi connectivity index (χ3v) is 3.03. The number of β-amino-alcohol motifs (C(OH)–C–C–N with tert-alkyl or cyclic N) is 2. The number of aromatic nitrogens is 2. The Morgan fingerprint density at radius 3 is 2.56 bits per heavy atom. The zero-order chi connectivity index (χ0) is 11.7. The van der Waals surface area contributed by atoms with Gasteiger partial charge >= 0.3 is 0 Å². The number of aliphatic hydroxyl groups excluding tert-OH is 2. The molecule has 1 aromatic rings. The number of thioether (sulfide) groups is 1. The van der Waals surface area contributed by atoms with Crippen molar-refractivity contribution in [1.82, 2.24) is 9.97 Å². The fourth-order valence-corrected chi connectivity index (χ4v) is 2.02. The van der Waals surface area contributed by atoms with Crippen LogP contribution in [0.2, 0.25) is 0 Å². The largest absolute Gasteiger partial charge is 0.389 e. The third-order valence-electron chi connectivity index (χ3n) is 2.48. The summed E-state index contributed by atoms with van der Waals surface area (Å²) in [4.78, 5) is 10.1. The van der Waals surface area contributed by atoms with E-state index in [1.807, 2.05) is 6.26 Å². The molecule has 1 aliphatic heterocycles. The van der Waals surface area contributed by atoms with Crippen LogP contribution in [0.25, 0.3) is 0 Å². The van der Waals surface area contributed by atoms with Crippen molar-refractivity contribution < 1.29 is 10.2 Å². The average Bonchev–Trinajstić information content (AvgIpc) is 2.58. The zero-order valence-corrected chi connectivity index (χ0v) is 9.68. The van der Waals surface area contributed by atoms with Crippen molar-refractivity contribution in [3.8, 4) is 0 Å². The molecule has 16 heavy (non-hydrogen) atoms. The van der Waals surface area contributed by atoms with E-state index < -0.39 is 12.2 Å². The SMILES string of the molecule is CSc1nc(N)cc(N2CC(O)C(O)C2)n1. The molecule has 4 N–H and O–H groups in total. The summed E-state index contributed by atoms with van der Waals surface area (Å²) in [5, 5.41) is 19.5. The summed E-state index contributed by atoms with van der Waals surface area (Å²) in [5.41, 5.74) is 5.66. The van der Waals surface area contributed by atoms with Gasteiger partial charge in [-0.2, -0.15) is 0 Å². The number of rotatable bonds is 2. The highest BCUT2D eigenvalue weighted by Gasteiger charge is 2.30. The van der Waals surface area contributed by atoms with E-state index >= 15 is 0 Å². The van der Waals surface area contributed by atoms with E-state index in [1.165, 1.54) is 11.8 Å². The first kappa shape index (κ1) is 11.4. The van der Waals surface area contributed by atoms with Crippen LogP contribution in [-0.4, -0.2) is 51.7 Å². The van der Waals surface area contributed by atoms with Gasteiger partial charge in [0.2, 0.25) is 0 Å². The van der Waals surface area contributed by atoms with E-state index in [0.717, 1.165) is 0 Å². The Morgan fingerprint density at radius 2 is 2.00 bits per heavy atom. The Kier molecular flexibility index (Phi) is 3.17. The van der Waals surface area contributed by atoms with Gasteiger partial charge in [0.05, 0.1) is 12.2 Å². The van der Waals surface area contributed by atoms with Crippen LogP contribution >= 0.6 is 11.8 Å². The summed E-state index contributed by atoms with van der Waals surface area (Å²) >= 11 is 1.40. The van der Waals surface area contributed by atoms with Gasteiger partial charge in [0.1, 0.15) is 11.6 Å². The number of nitrogens with two attached hydrogens (primary N) is 1. The van der Waals surface area contributed by atoms with E-state index in [-0.39, 0.29) is 0 Å². The van der Waals surface area contributed by atoms with Gasteiger partial charge < -0.3 is 20.8 Å². The molecule has 0 amide bonds. The molecule has 1 aromatic heterocycles. The van der Waals surface area contributed by atoms with E-state index in [9.17, 15) is 10.2 Å². The van der Waals surface area contributed by atoms with Crippen LogP contribution in [0.15, 0.2) is 11.2 Å². The Balaban J connectivity index is 2.24. The van der Waals surface area contributed by atoms with Crippen molar-refractivity contribution in [3.63, 3.8) is 0 Å². The van der Waals surface area contributed by atoms with E-state index in [0.29, 0.717) is 29.9 Å². The lowest BCUT2D eigenvalue weighted by Gasteiger charge is -2.16. The van der Waals surface area contributed by atoms with Gasteiger partial charge in [-0.15, -0.1) is 0 Å². The van der Waals surface area contributed by atoms with Crippen LogP contribution in [0.5, 0.6) is 0 Å². The first-order chi connectivity index (χ1) is 7.60. The number of nitrogens with zero attached hydrogens (tertiary/aromatic N) is 3. The lowest BCUT2D eigenvalue weighted by atomic mass is 10.3. The van der Waals surface area contributed by atoms with Gasteiger partial charge in [0, 0.05) is 19.2 Å². The fourth-order valence-electron chi connectivity index (χ4n) is 1.64. The molecule has 0 aromatic carbocycles. The Morgan fingerprint density at radius 1 is 1.38 bits per heavy atom. The molecule has 1 saturated heterocycles. The molecule has 7 heteroatoms. The second-order valence-corrected chi connectivity index (χ2v) is 4.45.